The fourth-order valence-corrected chi connectivity index (χ4v) is 3.51. The minimum absolute atomic E-state index is 0.0994. The third-order valence-corrected chi connectivity index (χ3v) is 5.50. The molecule has 0 bridgehead atoms. The summed E-state index contributed by atoms with van der Waals surface area (Å²) in [5, 5.41) is 3.19. The summed E-state index contributed by atoms with van der Waals surface area (Å²) in [5.41, 5.74) is 2.69. The number of benzene rings is 2. The number of carbonyl (C=O) groups excluding carboxylic acids is 2. The molecular weight excluding hydrogens is 422 g/mol. The number of unbranched alkanes of at least 4 members (excludes halogenated alkanes) is 1. The maximum Gasteiger partial charge on any atom is 0.408 e. The Balaban J connectivity index is 1.80. The van der Waals surface area contributed by atoms with Crippen molar-refractivity contribution in [3.05, 3.63) is 75.1 Å². The van der Waals surface area contributed by atoms with Crippen molar-refractivity contribution in [2.45, 2.75) is 59.6 Å². The second kappa shape index (κ2) is 10.8. The van der Waals surface area contributed by atoms with E-state index < -0.39 is 23.7 Å². The fraction of sp³-hybridized carbons (Fsp3) is 0.346. The number of amides is 1. The third-order valence-electron chi connectivity index (χ3n) is 5.50. The summed E-state index contributed by atoms with van der Waals surface area (Å²) < 4.78 is 16.4. The molecule has 0 aliphatic rings. The number of nitrogens with one attached hydrogen (secondary N) is 1. The van der Waals surface area contributed by atoms with Gasteiger partial charge in [0.15, 0.2) is 0 Å². The van der Waals surface area contributed by atoms with Gasteiger partial charge < -0.3 is 19.2 Å². The van der Waals surface area contributed by atoms with Crippen molar-refractivity contribution < 1.29 is 23.5 Å². The molecule has 0 unspecified atom stereocenters. The third kappa shape index (κ3) is 6.00. The van der Waals surface area contributed by atoms with Crippen LogP contribution in [0, 0.1) is 20.8 Å². The Labute approximate surface area is 192 Å². The van der Waals surface area contributed by atoms with Gasteiger partial charge in [-0.25, -0.2) is 14.4 Å². The number of hydrogen-bond acceptors (Lipinski definition) is 6. The highest BCUT2D eigenvalue weighted by Gasteiger charge is 2.25. The van der Waals surface area contributed by atoms with Crippen LogP contribution in [0.25, 0.3) is 11.0 Å². The van der Waals surface area contributed by atoms with Gasteiger partial charge >= 0.3 is 17.7 Å². The van der Waals surface area contributed by atoms with Crippen LogP contribution in [0.4, 0.5) is 4.79 Å². The van der Waals surface area contributed by atoms with E-state index >= 15 is 0 Å². The minimum atomic E-state index is -0.874. The Morgan fingerprint density at radius 3 is 2.48 bits per heavy atom. The smallest absolute Gasteiger partial charge is 0.408 e. The Morgan fingerprint density at radius 1 is 1.06 bits per heavy atom. The number of fused-ring (bicyclic) bond motifs is 1. The van der Waals surface area contributed by atoms with Crippen LogP contribution in [-0.4, -0.2) is 18.1 Å². The molecule has 0 radical (unpaired) electrons. The molecule has 1 amide bonds. The molecule has 0 saturated carbocycles. The van der Waals surface area contributed by atoms with Gasteiger partial charge in [-0.05, 0) is 56.0 Å². The zero-order valence-corrected chi connectivity index (χ0v) is 19.4. The molecule has 7 nitrogen and oxygen atoms in total. The van der Waals surface area contributed by atoms with E-state index in [1.807, 2.05) is 44.2 Å². The van der Waals surface area contributed by atoms with Crippen molar-refractivity contribution in [3.8, 4) is 5.75 Å². The number of esters is 1. The van der Waals surface area contributed by atoms with E-state index in [0.29, 0.717) is 34.3 Å². The van der Waals surface area contributed by atoms with Crippen molar-refractivity contribution in [3.63, 3.8) is 0 Å². The predicted molar refractivity (Wildman–Crippen MR) is 125 cm³/mol. The first-order valence-electron chi connectivity index (χ1n) is 11.0. The molecule has 1 N–H and O–H groups in total. The van der Waals surface area contributed by atoms with Crippen molar-refractivity contribution in [2.75, 3.05) is 0 Å². The molecule has 0 saturated heterocycles. The van der Waals surface area contributed by atoms with Crippen molar-refractivity contribution in [1.29, 1.82) is 0 Å². The summed E-state index contributed by atoms with van der Waals surface area (Å²) >= 11 is 0. The first kappa shape index (κ1) is 24.0. The van der Waals surface area contributed by atoms with Crippen LogP contribution >= 0.6 is 0 Å². The average molecular weight is 452 g/mol. The number of ether oxygens (including phenoxy) is 2. The molecule has 3 aromatic rings. The van der Waals surface area contributed by atoms with E-state index in [-0.39, 0.29) is 6.61 Å². The monoisotopic (exact) mass is 451 g/mol. The standard InChI is InChI=1S/C26H29NO6/c1-5-6-12-20(27-26(30)31-15-19-10-8-7-9-11-19)25(29)33-22-14-16(2)13-21-23(22)17(3)18(4)24(28)32-21/h7-11,13-14,20H,5-6,12,15H2,1-4H3,(H,27,30)/t20-/m1/s1. The average Bonchev–Trinajstić information content (AvgIpc) is 2.79. The molecule has 3 rings (SSSR count). The first-order chi connectivity index (χ1) is 15.8. The molecule has 7 heteroatoms. The Hall–Kier alpha value is -3.61. The highest BCUT2D eigenvalue weighted by Crippen LogP contribution is 2.31. The van der Waals surface area contributed by atoms with Gasteiger partial charge in [-0.2, -0.15) is 0 Å². The second-order valence-electron chi connectivity index (χ2n) is 8.10. The molecule has 0 aliphatic heterocycles. The van der Waals surface area contributed by atoms with Crippen LogP contribution in [0.5, 0.6) is 5.75 Å². The number of rotatable bonds is 8. The van der Waals surface area contributed by atoms with E-state index in [1.165, 1.54) is 0 Å². The van der Waals surface area contributed by atoms with Crippen molar-refractivity contribution in [1.82, 2.24) is 5.32 Å². The van der Waals surface area contributed by atoms with Gasteiger partial charge in [-0.15, -0.1) is 0 Å². The Morgan fingerprint density at radius 2 is 1.79 bits per heavy atom. The van der Waals surface area contributed by atoms with Gasteiger partial charge in [0.2, 0.25) is 0 Å². The quantitative estimate of drug-likeness (QED) is 0.291. The highest BCUT2D eigenvalue weighted by molar-refractivity contribution is 5.92. The number of hydrogen-bond donors (Lipinski definition) is 1. The molecule has 174 valence electrons. The fourth-order valence-electron chi connectivity index (χ4n) is 3.51. The first-order valence-corrected chi connectivity index (χ1v) is 11.0. The van der Waals surface area contributed by atoms with E-state index in [4.69, 9.17) is 13.9 Å². The summed E-state index contributed by atoms with van der Waals surface area (Å²) in [6.45, 7) is 7.37. The van der Waals surface area contributed by atoms with Crippen LogP contribution in [0.3, 0.4) is 0 Å². The lowest BCUT2D eigenvalue weighted by atomic mass is 10.0. The molecule has 1 heterocycles. The number of alkyl carbamates (subject to hydrolysis) is 1. The maximum absolute atomic E-state index is 13.1. The van der Waals surface area contributed by atoms with Gasteiger partial charge in [0.25, 0.3) is 0 Å². The number of aryl methyl sites for hydroxylation is 2. The van der Waals surface area contributed by atoms with Crippen molar-refractivity contribution >= 4 is 23.0 Å². The lowest BCUT2D eigenvalue weighted by Crippen LogP contribution is -2.43. The number of carbonyl (C=O) groups is 2. The van der Waals surface area contributed by atoms with Crippen LogP contribution in [0.15, 0.2) is 51.7 Å². The topological polar surface area (TPSA) is 94.8 Å². The van der Waals surface area contributed by atoms with Crippen LogP contribution < -0.4 is 15.7 Å². The second-order valence-corrected chi connectivity index (χ2v) is 8.10. The van der Waals surface area contributed by atoms with Gasteiger partial charge in [0.05, 0.1) is 5.39 Å². The molecule has 33 heavy (non-hydrogen) atoms. The summed E-state index contributed by atoms with van der Waals surface area (Å²) in [6, 6.07) is 11.9. The van der Waals surface area contributed by atoms with Gasteiger partial charge in [-0.3, -0.25) is 0 Å². The Bertz CT molecular complexity index is 1200. The highest BCUT2D eigenvalue weighted by atomic mass is 16.6. The Kier molecular flexibility index (Phi) is 7.87. The van der Waals surface area contributed by atoms with Crippen LogP contribution in [0.2, 0.25) is 0 Å². The summed E-state index contributed by atoms with van der Waals surface area (Å²) in [4.78, 5) is 37.5. The largest absolute Gasteiger partial charge is 0.445 e. The predicted octanol–water partition coefficient (Wildman–Crippen LogP) is 5.11. The van der Waals surface area contributed by atoms with Crippen LogP contribution in [0.1, 0.15) is 48.4 Å². The normalized spacial score (nSPS) is 11.8. The van der Waals surface area contributed by atoms with E-state index in [2.05, 4.69) is 5.32 Å². The lowest BCUT2D eigenvalue weighted by molar-refractivity contribution is -0.136. The summed E-state index contributed by atoms with van der Waals surface area (Å²) in [6.07, 6.45) is 1.29. The van der Waals surface area contributed by atoms with Gasteiger partial charge in [0, 0.05) is 5.56 Å². The van der Waals surface area contributed by atoms with Crippen molar-refractivity contribution in [2.24, 2.45) is 0 Å². The lowest BCUT2D eigenvalue weighted by Gasteiger charge is -2.18. The zero-order valence-electron chi connectivity index (χ0n) is 19.4. The molecule has 0 fully saturated rings. The molecule has 0 aliphatic carbocycles. The molecular formula is C26H29NO6. The van der Waals surface area contributed by atoms with E-state index in [9.17, 15) is 14.4 Å². The van der Waals surface area contributed by atoms with Gasteiger partial charge in [-0.1, -0.05) is 50.1 Å². The van der Waals surface area contributed by atoms with E-state index in [1.54, 1.807) is 26.0 Å². The molecule has 1 atom stereocenters. The van der Waals surface area contributed by atoms with E-state index in [0.717, 1.165) is 24.0 Å². The molecule has 2 aromatic carbocycles. The summed E-state index contributed by atoms with van der Waals surface area (Å²) in [5.74, 6) is -0.310. The summed E-state index contributed by atoms with van der Waals surface area (Å²) in [7, 11) is 0. The van der Waals surface area contributed by atoms with Gasteiger partial charge in [0.1, 0.15) is 24.0 Å². The zero-order chi connectivity index (χ0) is 24.0. The van der Waals surface area contributed by atoms with Crippen LogP contribution in [-0.2, 0) is 16.1 Å². The minimum Gasteiger partial charge on any atom is -0.445 e. The SMILES string of the molecule is CCCC[C@@H](NC(=O)OCc1ccccc1)C(=O)Oc1cc(C)cc2oc(=O)c(C)c(C)c12. The molecule has 1 aromatic heterocycles. The maximum atomic E-state index is 13.1. The molecule has 0 spiro atoms.